The van der Waals surface area contributed by atoms with Crippen LogP contribution in [0.2, 0.25) is 0 Å². The Hall–Kier alpha value is -8.78. The van der Waals surface area contributed by atoms with E-state index in [1.165, 1.54) is 116 Å². The lowest BCUT2D eigenvalue weighted by atomic mass is 10.0. The van der Waals surface area contributed by atoms with E-state index in [0.717, 1.165) is 188 Å². The number of carbonyl (C=O) groups excluding carboxylic acids is 6. The van der Waals surface area contributed by atoms with Crippen molar-refractivity contribution in [2.45, 2.75) is 301 Å². The Kier molecular flexibility index (Phi) is 46.9. The largest absolute Gasteiger partial charge is 0.465 e. The summed E-state index contributed by atoms with van der Waals surface area (Å²) in [5.74, 6) is 9.76. The van der Waals surface area contributed by atoms with Gasteiger partial charge in [-0.2, -0.15) is 0 Å². The summed E-state index contributed by atoms with van der Waals surface area (Å²) in [6.45, 7) is 2.55. The maximum absolute atomic E-state index is 12.1. The van der Waals surface area contributed by atoms with Gasteiger partial charge in [-0.3, -0.25) is 28.8 Å². The summed E-state index contributed by atoms with van der Waals surface area (Å²) in [5, 5.41) is 70.1. The van der Waals surface area contributed by atoms with Crippen LogP contribution in [0.4, 0.5) is 0 Å². The van der Waals surface area contributed by atoms with Crippen molar-refractivity contribution in [3.05, 3.63) is 70.8 Å². The van der Waals surface area contributed by atoms with Gasteiger partial charge in [0.2, 0.25) is 11.8 Å². The Morgan fingerprint density at radius 1 is 0.252 bits per heavy atom. The van der Waals surface area contributed by atoms with Gasteiger partial charge in [-0.15, -0.1) is 70.8 Å². The smallest absolute Gasteiger partial charge is 0.308 e. The molecular weight excluding hydrogens is 1620 g/mol. The molecule has 2 N–H and O–H groups in total. The lowest BCUT2D eigenvalue weighted by Crippen LogP contribution is -2.30. The Morgan fingerprint density at radius 2 is 0.463 bits per heavy atom. The second kappa shape index (κ2) is 57.0. The molecule has 12 rings (SSSR count). The Bertz CT molecular complexity index is 3050. The number of ether oxygens (including phenoxy) is 4. The highest BCUT2D eigenvalue weighted by Crippen LogP contribution is 2.52. The van der Waals surface area contributed by atoms with Gasteiger partial charge in [0.05, 0.1) is 83.1 Å². The summed E-state index contributed by atoms with van der Waals surface area (Å²) in [4.78, 5) is 171. The number of esters is 4. The molecule has 2 amide bonds. The Morgan fingerprint density at radius 3 is 0.740 bits per heavy atom. The molecule has 0 saturated heterocycles. The van der Waals surface area contributed by atoms with E-state index in [0.29, 0.717) is 83.0 Å². The third-order valence-electron chi connectivity index (χ3n) is 27.6. The maximum atomic E-state index is 12.1. The minimum atomic E-state index is -1.02. The lowest BCUT2D eigenvalue weighted by Gasteiger charge is -2.14. The highest BCUT2D eigenvalue weighted by molar-refractivity contribution is 5.79. The molecule has 123 heavy (non-hydrogen) atoms. The summed E-state index contributed by atoms with van der Waals surface area (Å²) in [6.07, 6.45) is 45.1. The molecule has 12 fully saturated rings. The van der Waals surface area contributed by atoms with E-state index in [2.05, 4.69) is 44.5 Å². The van der Waals surface area contributed by atoms with Crippen molar-refractivity contribution in [1.29, 1.82) is 0 Å². The minimum absolute atomic E-state index is 0.00866. The number of hydrogen-bond donors (Lipinski definition) is 2. The van der Waals surface area contributed by atoms with Gasteiger partial charge in [0.1, 0.15) is 12.7 Å². The second-order valence-corrected chi connectivity index (χ2v) is 35.8. The fourth-order valence-corrected chi connectivity index (χ4v) is 21.7. The number of carbonyl (C=O) groups is 6. The molecule has 19 atom stereocenters. The zero-order chi connectivity index (χ0) is 88.7. The van der Waals surface area contributed by atoms with E-state index >= 15 is 0 Å². The van der Waals surface area contributed by atoms with Gasteiger partial charge in [0.25, 0.3) is 35.6 Å². The molecule has 0 spiro atoms. The number of amides is 2. The molecule has 0 bridgehead atoms. The van der Waals surface area contributed by atoms with Gasteiger partial charge >= 0.3 is 23.9 Å². The number of nitrogens with one attached hydrogen (secondary N) is 2. The summed E-state index contributed by atoms with van der Waals surface area (Å²) < 4.78 is 21.0. The van der Waals surface area contributed by atoms with Crippen LogP contribution in [0, 0.1) is 177 Å². The van der Waals surface area contributed by atoms with Crippen molar-refractivity contribution in [2.75, 3.05) is 79.2 Å². The fourth-order valence-electron chi connectivity index (χ4n) is 21.7. The molecular formula is C83H137N9O31. The monoisotopic (exact) mass is 1760 g/mol. The van der Waals surface area contributed by atoms with Crippen LogP contribution in [0.1, 0.15) is 295 Å². The SMILES string of the molecule is O=C(NCCCCCCO[N+](=O)[O-])C1C[C@H]2CCC[C@H]2C1.O=C(NCCCCO[N+](=O)[O-])C1C[C@H]2CCC[C@H]2C1.O=C(OCCCCC(CO[N+](=O)[O-])O[N+](=O)[O-])C1C[C@H]2CCC[C@H]2C1.O=C(OCCCCCCO[N+](=O)[O-])C1C[C@H]2CCC[C@H]2C1.O=C(OCCCCO[N+](=O)[O-])C1C[C@H]2CCC[C@H]2C1.O=C(OCCCO[N+](=O)[O-])C1C[C@H]2CCC[C@H]2C1. The van der Waals surface area contributed by atoms with E-state index in [4.69, 9.17) is 18.9 Å². The van der Waals surface area contributed by atoms with Crippen molar-refractivity contribution in [3.63, 3.8) is 0 Å². The standard InChI is InChI=1S/C15H24N2O8.C15H26N2O4.C15H25NO5.C13H22N2O4.C13H21NO5.C12H19NO5/c18-15(13-8-11-4-3-5-12(11)9-13)23-7-2-1-6-14(25-17(21)22)10-24-16(19)20;18-15(14-10-12-6-5-7-13(12)11-14)16-8-3-1-2-4-9-21-17(19)20;17-15(14-10-12-6-5-7-13(12)11-14)20-8-3-1-2-4-9-21-16(18)19;16-13(14-6-1-2-7-19-15(17)18)12-8-10-4-3-5-11(10)9-12;15-13(18-6-1-2-7-19-14(16)17)12-8-10-4-3-5-11(10)9-12;14-12(17-5-2-6-18-13(15)16)11-7-9-3-1-4-10(9)8-11/h11-14H,1-10H2;12-14H,1-11H2,(H,16,18);12-14H,1-11H2;10-12H,1-9H2,(H,14,16);10-12H,1-9H2;9-11H,1-8H2/t11-,12+,13?,14?;2*12-,13+,14?;2*10-,11+,12?;9-,10+,11?. The first kappa shape index (κ1) is 101. The first-order chi connectivity index (χ1) is 59.3. The van der Waals surface area contributed by atoms with Gasteiger partial charge in [-0.05, 0) is 225 Å². The number of fused-ring (bicyclic) bond motifs is 6. The highest BCUT2D eigenvalue weighted by atomic mass is 17.0. The minimum Gasteiger partial charge on any atom is -0.465 e. The third kappa shape index (κ3) is 39.5. The van der Waals surface area contributed by atoms with Crippen LogP contribution in [0.3, 0.4) is 0 Å². The molecule has 0 heterocycles. The summed E-state index contributed by atoms with van der Waals surface area (Å²) in [6, 6.07) is 0. The molecule has 12 saturated carbocycles. The van der Waals surface area contributed by atoms with Crippen LogP contribution in [0.25, 0.3) is 0 Å². The average Bonchev–Trinajstić information content (AvgIpc) is 1.72. The zero-order valence-electron chi connectivity index (χ0n) is 71.8. The van der Waals surface area contributed by atoms with E-state index in [1.807, 2.05) is 0 Å². The van der Waals surface area contributed by atoms with E-state index in [1.54, 1.807) is 0 Å². The van der Waals surface area contributed by atoms with Crippen LogP contribution in [-0.2, 0) is 81.6 Å². The normalized spacial score (nSPS) is 27.9. The molecule has 12 aliphatic rings. The molecule has 0 radical (unpaired) electrons. The predicted molar refractivity (Wildman–Crippen MR) is 435 cm³/mol. The highest BCUT2D eigenvalue weighted by Gasteiger charge is 2.46. The molecule has 0 aromatic rings. The van der Waals surface area contributed by atoms with E-state index in [-0.39, 0.29) is 124 Å². The molecule has 40 heteroatoms. The van der Waals surface area contributed by atoms with Gasteiger partial charge in [0.15, 0.2) is 0 Å². The Labute approximate surface area is 718 Å². The van der Waals surface area contributed by atoms with Gasteiger partial charge in [-0.25, -0.2) is 0 Å². The average molecular weight is 1760 g/mol. The van der Waals surface area contributed by atoms with Gasteiger partial charge in [-0.1, -0.05) is 135 Å². The van der Waals surface area contributed by atoms with Gasteiger partial charge < -0.3 is 63.4 Å². The number of rotatable bonds is 49. The van der Waals surface area contributed by atoms with Crippen molar-refractivity contribution in [3.8, 4) is 0 Å². The molecule has 7 unspecified atom stereocenters. The second-order valence-electron chi connectivity index (χ2n) is 35.8. The van der Waals surface area contributed by atoms with Crippen molar-refractivity contribution in [1.82, 2.24) is 10.6 Å². The summed E-state index contributed by atoms with van der Waals surface area (Å²) in [5.41, 5.74) is 0. The van der Waals surface area contributed by atoms with Crippen LogP contribution >= 0.6 is 0 Å². The molecule has 0 aromatic heterocycles. The fraction of sp³-hybridized carbons (Fsp3) is 0.928. The summed E-state index contributed by atoms with van der Waals surface area (Å²) >= 11 is 0. The molecule has 40 nitrogen and oxygen atoms in total. The van der Waals surface area contributed by atoms with E-state index < -0.39 is 48.3 Å². The molecule has 12 aliphatic carbocycles. The van der Waals surface area contributed by atoms with Crippen molar-refractivity contribution >= 4 is 35.7 Å². The van der Waals surface area contributed by atoms with Crippen LogP contribution in [0.5, 0.6) is 0 Å². The van der Waals surface area contributed by atoms with Crippen molar-refractivity contribution < 1.29 is 117 Å². The number of hydrogen-bond acceptors (Lipinski definition) is 31. The topological polar surface area (TPSA) is 530 Å². The third-order valence-corrected chi connectivity index (χ3v) is 27.6. The maximum Gasteiger partial charge on any atom is 0.308 e. The van der Waals surface area contributed by atoms with Crippen LogP contribution in [-0.4, -0.2) is 157 Å². The van der Waals surface area contributed by atoms with Gasteiger partial charge in [0, 0.05) is 31.3 Å². The zero-order valence-corrected chi connectivity index (χ0v) is 71.8. The molecule has 700 valence electrons. The molecule has 0 aliphatic heterocycles. The van der Waals surface area contributed by atoms with Crippen molar-refractivity contribution in [2.24, 2.45) is 107 Å². The first-order valence-corrected chi connectivity index (χ1v) is 46.0. The van der Waals surface area contributed by atoms with Crippen LogP contribution < -0.4 is 10.6 Å². The van der Waals surface area contributed by atoms with E-state index in [9.17, 15) is 99.6 Å². The summed E-state index contributed by atoms with van der Waals surface area (Å²) in [7, 11) is 0. The first-order valence-electron chi connectivity index (χ1n) is 46.0. The molecule has 0 aromatic carbocycles. The lowest BCUT2D eigenvalue weighted by molar-refractivity contribution is -0.790. The Balaban J connectivity index is 0.000000204. The predicted octanol–water partition coefficient (Wildman–Crippen LogP) is 14.3. The quantitative estimate of drug-likeness (QED) is 0.0188. The van der Waals surface area contributed by atoms with Crippen LogP contribution in [0.15, 0.2) is 0 Å². The number of unbranched alkanes of at least 4 members (excludes halogenated alkanes) is 9. The number of nitrogens with zero attached hydrogens (tertiary/aromatic N) is 7.